The highest BCUT2D eigenvalue weighted by Gasteiger charge is 2.28. The van der Waals surface area contributed by atoms with Crippen LogP contribution in [0, 0.1) is 17.6 Å². The number of carbonyl (C=O) groups is 1. The van der Waals surface area contributed by atoms with Crippen LogP contribution in [0.3, 0.4) is 0 Å². The zero-order chi connectivity index (χ0) is 23.8. The smallest absolute Gasteiger partial charge is 0.243 e. The summed E-state index contributed by atoms with van der Waals surface area (Å²) in [4.78, 5) is 17.4. The number of aromatic nitrogens is 2. The first-order valence-electron chi connectivity index (χ1n) is 10.9. The van der Waals surface area contributed by atoms with E-state index in [4.69, 9.17) is 0 Å². The van der Waals surface area contributed by atoms with Crippen molar-refractivity contribution in [3.8, 4) is 0 Å². The lowest BCUT2D eigenvalue weighted by Gasteiger charge is -2.22. The number of fused-ring (bicyclic) bond motifs is 1. The lowest BCUT2D eigenvalue weighted by Crippen LogP contribution is -2.35. The van der Waals surface area contributed by atoms with Gasteiger partial charge in [0.2, 0.25) is 15.9 Å². The molecule has 0 bridgehead atoms. The van der Waals surface area contributed by atoms with Crippen LogP contribution >= 0.6 is 0 Å². The molecule has 1 aromatic heterocycles. The van der Waals surface area contributed by atoms with Gasteiger partial charge in [-0.05, 0) is 36.5 Å². The molecule has 3 aromatic rings. The lowest BCUT2D eigenvalue weighted by molar-refractivity contribution is -0.125. The first-order chi connectivity index (χ1) is 15.7. The van der Waals surface area contributed by atoms with Gasteiger partial charge in [-0.3, -0.25) is 4.79 Å². The second kappa shape index (κ2) is 9.18. The monoisotopic (exact) mass is 476 g/mol. The van der Waals surface area contributed by atoms with E-state index < -0.39 is 27.7 Å². The second-order valence-corrected chi connectivity index (χ2v) is 10.5. The number of nitrogens with one attached hydrogen (secondary N) is 1. The third-order valence-electron chi connectivity index (χ3n) is 5.91. The highest BCUT2D eigenvalue weighted by Crippen LogP contribution is 2.26. The summed E-state index contributed by atoms with van der Waals surface area (Å²) >= 11 is 0. The summed E-state index contributed by atoms with van der Waals surface area (Å²) < 4.78 is 55.7. The van der Waals surface area contributed by atoms with Gasteiger partial charge in [0.1, 0.15) is 6.04 Å². The van der Waals surface area contributed by atoms with Crippen LogP contribution in [0.1, 0.15) is 38.3 Å². The molecule has 2 heterocycles. The maximum absolute atomic E-state index is 13.8. The molecule has 1 fully saturated rings. The molecule has 33 heavy (non-hydrogen) atoms. The fourth-order valence-corrected chi connectivity index (χ4v) is 5.66. The molecule has 0 saturated carbocycles. The van der Waals surface area contributed by atoms with Crippen LogP contribution in [-0.4, -0.2) is 41.3 Å². The molecule has 1 atom stereocenters. The molecule has 0 radical (unpaired) electrons. The van der Waals surface area contributed by atoms with Crippen molar-refractivity contribution in [1.82, 2.24) is 19.2 Å². The number of nitrogens with zero attached hydrogens (tertiary/aromatic N) is 3. The van der Waals surface area contributed by atoms with Crippen LogP contribution in [0.5, 0.6) is 0 Å². The zero-order valence-corrected chi connectivity index (χ0v) is 19.3. The fraction of sp³-hybridized carbons (Fsp3) is 0.391. The Kier molecular flexibility index (Phi) is 6.49. The molecule has 0 spiro atoms. The van der Waals surface area contributed by atoms with Crippen molar-refractivity contribution in [2.45, 2.75) is 44.2 Å². The summed E-state index contributed by atoms with van der Waals surface area (Å²) in [5, 5.41) is 2.86. The van der Waals surface area contributed by atoms with Crippen molar-refractivity contribution in [2.75, 3.05) is 13.1 Å². The number of benzene rings is 2. The van der Waals surface area contributed by atoms with Crippen LogP contribution in [0.15, 0.2) is 47.6 Å². The van der Waals surface area contributed by atoms with E-state index >= 15 is 0 Å². The van der Waals surface area contributed by atoms with Gasteiger partial charge in [-0.2, -0.15) is 4.31 Å². The Morgan fingerprint density at radius 2 is 1.73 bits per heavy atom. The van der Waals surface area contributed by atoms with Gasteiger partial charge in [-0.15, -0.1) is 0 Å². The van der Waals surface area contributed by atoms with E-state index in [1.165, 1.54) is 10.6 Å². The van der Waals surface area contributed by atoms with E-state index in [0.717, 1.165) is 30.5 Å². The van der Waals surface area contributed by atoms with E-state index in [1.807, 2.05) is 13.8 Å². The predicted molar refractivity (Wildman–Crippen MR) is 120 cm³/mol. The Morgan fingerprint density at radius 3 is 2.36 bits per heavy atom. The minimum atomic E-state index is -3.49. The SMILES string of the molecule is CC(C)C(C(=O)NCc1ccc(S(=O)(=O)N2CCCC2)cc1)n1cnc2cc(F)c(F)cc21. The van der Waals surface area contributed by atoms with Crippen LogP contribution in [0.4, 0.5) is 8.78 Å². The molecular weight excluding hydrogens is 450 g/mol. The third kappa shape index (κ3) is 4.63. The molecule has 1 saturated heterocycles. The molecule has 4 rings (SSSR count). The minimum Gasteiger partial charge on any atom is -0.350 e. The van der Waals surface area contributed by atoms with E-state index in [1.54, 1.807) is 28.8 Å². The number of hydrogen-bond donors (Lipinski definition) is 1. The van der Waals surface area contributed by atoms with Gasteiger partial charge in [-0.25, -0.2) is 22.2 Å². The van der Waals surface area contributed by atoms with Crippen LogP contribution < -0.4 is 5.32 Å². The summed E-state index contributed by atoms with van der Waals surface area (Å²) in [6.07, 6.45) is 3.15. The summed E-state index contributed by atoms with van der Waals surface area (Å²) in [5.41, 5.74) is 1.34. The first kappa shape index (κ1) is 23.3. The number of imidazole rings is 1. The lowest BCUT2D eigenvalue weighted by atomic mass is 10.0. The first-order valence-corrected chi connectivity index (χ1v) is 12.3. The molecule has 1 unspecified atom stereocenters. The molecular formula is C23H26F2N4O3S. The van der Waals surface area contributed by atoms with Gasteiger partial charge in [0.25, 0.3) is 0 Å². The van der Waals surface area contributed by atoms with Crippen molar-refractivity contribution in [3.05, 3.63) is 59.9 Å². The standard InChI is InChI=1S/C23H26F2N4O3S/c1-15(2)22(29-14-27-20-11-18(24)19(25)12-21(20)29)23(30)26-13-16-5-7-17(8-6-16)33(31,32)28-9-3-4-10-28/h5-8,11-12,14-15,22H,3-4,9-10,13H2,1-2H3,(H,26,30). The Morgan fingerprint density at radius 1 is 1.09 bits per heavy atom. The third-order valence-corrected chi connectivity index (χ3v) is 7.82. The molecule has 2 aromatic carbocycles. The normalized spacial score (nSPS) is 15.9. The topological polar surface area (TPSA) is 84.3 Å². The van der Waals surface area contributed by atoms with Crippen LogP contribution in [0.25, 0.3) is 11.0 Å². The van der Waals surface area contributed by atoms with E-state index in [2.05, 4.69) is 10.3 Å². The molecule has 10 heteroatoms. The molecule has 1 amide bonds. The van der Waals surface area contributed by atoms with Gasteiger partial charge in [0.15, 0.2) is 11.6 Å². The summed E-state index contributed by atoms with van der Waals surface area (Å²) in [5.74, 6) is -2.45. The molecule has 176 valence electrons. The molecule has 1 aliphatic rings. The van der Waals surface area contributed by atoms with E-state index in [9.17, 15) is 22.0 Å². The van der Waals surface area contributed by atoms with Crippen LogP contribution in [0.2, 0.25) is 0 Å². The second-order valence-electron chi connectivity index (χ2n) is 8.57. The van der Waals surface area contributed by atoms with Crippen molar-refractivity contribution < 1.29 is 22.0 Å². The maximum Gasteiger partial charge on any atom is 0.243 e. The largest absolute Gasteiger partial charge is 0.350 e. The summed E-state index contributed by atoms with van der Waals surface area (Å²) in [6.45, 7) is 4.98. The highest BCUT2D eigenvalue weighted by atomic mass is 32.2. The summed E-state index contributed by atoms with van der Waals surface area (Å²) in [7, 11) is -3.49. The Labute approximate surface area is 191 Å². The average Bonchev–Trinajstić information content (AvgIpc) is 3.45. The minimum absolute atomic E-state index is 0.150. The molecule has 0 aliphatic carbocycles. The molecule has 1 aliphatic heterocycles. The van der Waals surface area contributed by atoms with Crippen molar-refractivity contribution in [1.29, 1.82) is 0 Å². The number of carbonyl (C=O) groups excluding carboxylic acids is 1. The van der Waals surface area contributed by atoms with Gasteiger partial charge < -0.3 is 9.88 Å². The number of amides is 1. The number of halogens is 2. The Balaban J connectivity index is 1.48. The zero-order valence-electron chi connectivity index (χ0n) is 18.5. The highest BCUT2D eigenvalue weighted by molar-refractivity contribution is 7.89. The van der Waals surface area contributed by atoms with Gasteiger partial charge >= 0.3 is 0 Å². The van der Waals surface area contributed by atoms with E-state index in [0.29, 0.717) is 18.6 Å². The van der Waals surface area contributed by atoms with Gasteiger partial charge in [0, 0.05) is 31.8 Å². The predicted octanol–water partition coefficient (Wildman–Crippen LogP) is 3.61. The van der Waals surface area contributed by atoms with Crippen molar-refractivity contribution >= 4 is 27.0 Å². The molecule has 1 N–H and O–H groups in total. The van der Waals surface area contributed by atoms with Crippen molar-refractivity contribution in [2.24, 2.45) is 5.92 Å². The average molecular weight is 477 g/mol. The number of hydrogen-bond acceptors (Lipinski definition) is 4. The maximum atomic E-state index is 13.8. The number of rotatable bonds is 7. The van der Waals surface area contributed by atoms with Crippen LogP contribution in [-0.2, 0) is 21.4 Å². The van der Waals surface area contributed by atoms with Gasteiger partial charge in [0.05, 0.1) is 22.3 Å². The Bertz CT molecular complexity index is 1270. The summed E-state index contributed by atoms with van der Waals surface area (Å²) in [6, 6.07) is 7.82. The van der Waals surface area contributed by atoms with Crippen molar-refractivity contribution in [3.63, 3.8) is 0 Å². The number of sulfonamides is 1. The van der Waals surface area contributed by atoms with Gasteiger partial charge in [-0.1, -0.05) is 26.0 Å². The fourth-order valence-electron chi connectivity index (χ4n) is 4.15. The quantitative estimate of drug-likeness (QED) is 0.565. The molecule has 7 nitrogen and oxygen atoms in total. The van der Waals surface area contributed by atoms with E-state index in [-0.39, 0.29) is 28.8 Å². The Hall–Kier alpha value is -2.85.